The Bertz CT molecular complexity index is 202. The minimum absolute atomic E-state index is 0.235. The molecule has 0 heterocycles. The lowest BCUT2D eigenvalue weighted by molar-refractivity contribution is -0.114. The molecule has 0 aliphatic heterocycles. The molecule has 72 valence electrons. The van der Waals surface area contributed by atoms with E-state index in [2.05, 4.69) is 10.8 Å². The molecule has 0 saturated heterocycles. The third-order valence-corrected chi connectivity index (χ3v) is 1.12. The molecule has 0 aromatic carbocycles. The summed E-state index contributed by atoms with van der Waals surface area (Å²) in [6.45, 7) is 6.70. The summed E-state index contributed by atoms with van der Waals surface area (Å²) >= 11 is 0. The molecular formula is C6H13NO4S. The van der Waals surface area contributed by atoms with Crippen LogP contribution < -0.4 is 5.73 Å². The summed E-state index contributed by atoms with van der Waals surface area (Å²) in [5.41, 5.74) is 5.09. The van der Waals surface area contributed by atoms with Crippen LogP contribution >= 0.6 is 0 Å². The zero-order valence-corrected chi connectivity index (χ0v) is 7.97. The Morgan fingerprint density at radius 3 is 1.92 bits per heavy atom. The molecule has 0 aromatic heterocycles. The van der Waals surface area contributed by atoms with E-state index >= 15 is 0 Å². The lowest BCUT2D eigenvalue weighted by atomic mass is 10.3. The van der Waals surface area contributed by atoms with Gasteiger partial charge in [-0.15, -0.1) is 0 Å². The van der Waals surface area contributed by atoms with Crippen LogP contribution in [0.25, 0.3) is 0 Å². The summed E-state index contributed by atoms with van der Waals surface area (Å²) in [4.78, 5) is 9.82. The fourth-order valence-corrected chi connectivity index (χ4v) is 0.316. The number of carbonyl (C=O) groups is 1. The second-order valence-electron chi connectivity index (χ2n) is 1.79. The van der Waals surface area contributed by atoms with Crippen molar-refractivity contribution >= 4 is 16.9 Å². The molecule has 1 amide bonds. The van der Waals surface area contributed by atoms with Crippen molar-refractivity contribution in [3.63, 3.8) is 0 Å². The van der Waals surface area contributed by atoms with Crippen LogP contribution in [0, 0.1) is 0 Å². The minimum Gasteiger partial charge on any atom is -0.366 e. The van der Waals surface area contributed by atoms with Crippen molar-refractivity contribution in [2.24, 2.45) is 5.73 Å². The molecule has 5 nitrogen and oxygen atoms in total. The van der Waals surface area contributed by atoms with Gasteiger partial charge in [0.15, 0.2) is 0 Å². The van der Waals surface area contributed by atoms with Gasteiger partial charge in [-0.1, -0.05) is 6.58 Å². The van der Waals surface area contributed by atoms with Gasteiger partial charge in [0.2, 0.25) is 5.91 Å². The van der Waals surface area contributed by atoms with Crippen LogP contribution in [0.1, 0.15) is 13.8 Å². The Hall–Kier alpha value is -0.880. The molecule has 0 spiro atoms. The first-order chi connectivity index (χ1) is 5.41. The summed E-state index contributed by atoms with van der Waals surface area (Å²) in [6.07, 6.45) is 0. The first-order valence-electron chi connectivity index (χ1n) is 3.14. The first-order valence-corrected chi connectivity index (χ1v) is 4.24. The standard InChI is InChI=1S/C4H7NO.C2H6O3S/c1-3(2)4(5)6;1-2-5-6(3)4/h1H2,2H3,(H2,5,6);6H,2H2,1H3. The summed E-state index contributed by atoms with van der Waals surface area (Å²) < 4.78 is 22.8. The highest BCUT2D eigenvalue weighted by molar-refractivity contribution is 7.67. The maximum absolute atomic E-state index is 9.82. The van der Waals surface area contributed by atoms with Crippen LogP contribution in [0.15, 0.2) is 12.2 Å². The van der Waals surface area contributed by atoms with Crippen molar-refractivity contribution in [3.05, 3.63) is 12.2 Å². The predicted octanol–water partition coefficient (Wildman–Crippen LogP) is -0.403. The SMILES string of the molecule is C=C(C)C(N)=O.CCO[SH](=O)=O. The van der Waals surface area contributed by atoms with E-state index in [0.717, 1.165) is 0 Å². The number of hydrogen-bond donors (Lipinski definition) is 2. The van der Waals surface area contributed by atoms with Gasteiger partial charge in [-0.25, -0.2) is 8.42 Å². The van der Waals surface area contributed by atoms with Crippen LogP contribution in [-0.2, 0) is 20.0 Å². The van der Waals surface area contributed by atoms with Gasteiger partial charge in [0.25, 0.3) is 11.0 Å². The van der Waals surface area contributed by atoms with E-state index in [-0.39, 0.29) is 6.61 Å². The van der Waals surface area contributed by atoms with Crippen LogP contribution in [0.2, 0.25) is 0 Å². The molecule has 0 aromatic rings. The highest BCUT2D eigenvalue weighted by Gasteiger charge is 1.86. The number of rotatable bonds is 3. The van der Waals surface area contributed by atoms with Crippen molar-refractivity contribution in [2.45, 2.75) is 13.8 Å². The molecule has 0 atom stereocenters. The number of hydrogen-bond acceptors (Lipinski definition) is 4. The maximum Gasteiger partial charge on any atom is 0.257 e. The molecule has 12 heavy (non-hydrogen) atoms. The molecule has 0 fully saturated rings. The van der Waals surface area contributed by atoms with Crippen LogP contribution in [0.4, 0.5) is 0 Å². The molecule has 0 saturated carbocycles. The van der Waals surface area contributed by atoms with E-state index < -0.39 is 16.9 Å². The molecule has 0 bridgehead atoms. The highest BCUT2D eigenvalue weighted by atomic mass is 32.2. The Kier molecular flexibility index (Phi) is 9.38. The van der Waals surface area contributed by atoms with Gasteiger partial charge >= 0.3 is 0 Å². The highest BCUT2D eigenvalue weighted by Crippen LogP contribution is 1.78. The Morgan fingerprint density at radius 2 is 1.92 bits per heavy atom. The van der Waals surface area contributed by atoms with Gasteiger partial charge in [0.1, 0.15) is 0 Å². The smallest absolute Gasteiger partial charge is 0.257 e. The zero-order chi connectivity index (χ0) is 10.1. The van der Waals surface area contributed by atoms with Gasteiger partial charge in [0, 0.05) is 5.57 Å². The molecule has 0 unspecified atom stereocenters. The fourth-order valence-electron chi connectivity index (χ4n) is 0.105. The zero-order valence-electron chi connectivity index (χ0n) is 7.07. The molecule has 0 radical (unpaired) electrons. The second kappa shape index (κ2) is 8.22. The maximum atomic E-state index is 9.82. The molecule has 0 aliphatic carbocycles. The van der Waals surface area contributed by atoms with Gasteiger partial charge in [0.05, 0.1) is 6.61 Å². The van der Waals surface area contributed by atoms with Crippen molar-refractivity contribution in [3.8, 4) is 0 Å². The Balaban J connectivity index is 0. The number of amides is 1. The quantitative estimate of drug-likeness (QED) is 0.473. The number of primary amides is 1. The van der Waals surface area contributed by atoms with Gasteiger partial charge in [-0.05, 0) is 13.8 Å². The Labute approximate surface area is 73.4 Å². The molecule has 2 N–H and O–H groups in total. The van der Waals surface area contributed by atoms with Crippen molar-refractivity contribution < 1.29 is 17.4 Å². The van der Waals surface area contributed by atoms with Crippen molar-refractivity contribution in [1.82, 2.24) is 0 Å². The van der Waals surface area contributed by atoms with Gasteiger partial charge in [-0.3, -0.25) is 8.98 Å². The second-order valence-corrected chi connectivity index (χ2v) is 2.49. The van der Waals surface area contributed by atoms with E-state index in [0.29, 0.717) is 5.57 Å². The largest absolute Gasteiger partial charge is 0.366 e. The fraction of sp³-hybridized carbons (Fsp3) is 0.500. The number of carbonyl (C=O) groups excluding carboxylic acids is 1. The van der Waals surface area contributed by atoms with E-state index in [1.165, 1.54) is 0 Å². The van der Waals surface area contributed by atoms with Gasteiger partial charge < -0.3 is 5.73 Å². The predicted molar refractivity (Wildman–Crippen MR) is 45.9 cm³/mol. The molecule has 0 aliphatic rings. The lowest BCUT2D eigenvalue weighted by Crippen LogP contribution is -2.10. The van der Waals surface area contributed by atoms with Gasteiger partial charge in [-0.2, -0.15) is 0 Å². The summed E-state index contributed by atoms with van der Waals surface area (Å²) in [6, 6.07) is 0. The monoisotopic (exact) mass is 195 g/mol. The number of nitrogens with two attached hydrogens (primary N) is 1. The van der Waals surface area contributed by atoms with E-state index in [4.69, 9.17) is 5.73 Å². The van der Waals surface area contributed by atoms with E-state index in [9.17, 15) is 13.2 Å². The van der Waals surface area contributed by atoms with Crippen molar-refractivity contribution in [2.75, 3.05) is 6.61 Å². The van der Waals surface area contributed by atoms with Crippen LogP contribution in [-0.4, -0.2) is 20.9 Å². The molecular weight excluding hydrogens is 182 g/mol. The number of thiol groups is 1. The van der Waals surface area contributed by atoms with Crippen LogP contribution in [0.5, 0.6) is 0 Å². The molecule has 6 heteroatoms. The van der Waals surface area contributed by atoms with E-state index in [1.807, 2.05) is 0 Å². The normalized spacial score (nSPS) is 8.58. The van der Waals surface area contributed by atoms with Crippen LogP contribution in [0.3, 0.4) is 0 Å². The first kappa shape index (κ1) is 13.7. The van der Waals surface area contributed by atoms with Crippen molar-refractivity contribution in [1.29, 1.82) is 0 Å². The lowest BCUT2D eigenvalue weighted by Gasteiger charge is -1.81. The Morgan fingerprint density at radius 1 is 1.58 bits per heavy atom. The third-order valence-electron chi connectivity index (χ3n) is 0.655. The minimum atomic E-state index is -2.60. The summed E-state index contributed by atoms with van der Waals surface area (Å²) in [5, 5.41) is 0. The topological polar surface area (TPSA) is 86.5 Å². The average Bonchev–Trinajstić information content (AvgIpc) is 1.87. The average molecular weight is 195 g/mol. The summed E-state index contributed by atoms with van der Waals surface area (Å²) in [7, 11) is -2.60. The summed E-state index contributed by atoms with van der Waals surface area (Å²) in [5.74, 6) is -0.435. The third kappa shape index (κ3) is 16.1. The molecule has 0 rings (SSSR count). The van der Waals surface area contributed by atoms with E-state index in [1.54, 1.807) is 13.8 Å².